The molecule has 0 aliphatic heterocycles. The summed E-state index contributed by atoms with van der Waals surface area (Å²) < 4.78 is 25.6. The number of nitrogens with zero attached hydrogens (tertiary/aromatic N) is 1. The SMILES string of the molecule is CCCN(CC(F)F)C1CC(O)CCC1C(C)(C)C. The molecule has 0 aromatic rings. The number of rotatable bonds is 5. The van der Waals surface area contributed by atoms with E-state index in [1.54, 1.807) is 0 Å². The van der Waals surface area contributed by atoms with Crippen molar-refractivity contribution in [2.75, 3.05) is 13.1 Å². The van der Waals surface area contributed by atoms with Crippen LogP contribution >= 0.6 is 0 Å². The van der Waals surface area contributed by atoms with Crippen LogP contribution in [0.5, 0.6) is 0 Å². The molecule has 1 aliphatic rings. The van der Waals surface area contributed by atoms with Crippen LogP contribution in [0.1, 0.15) is 53.4 Å². The summed E-state index contributed by atoms with van der Waals surface area (Å²) in [6, 6.07) is 0.0812. The second kappa shape index (κ2) is 6.98. The van der Waals surface area contributed by atoms with Crippen LogP contribution < -0.4 is 0 Å². The highest BCUT2D eigenvalue weighted by atomic mass is 19.3. The average Bonchev–Trinajstić information content (AvgIpc) is 2.26. The Morgan fingerprint density at radius 2 is 1.89 bits per heavy atom. The summed E-state index contributed by atoms with van der Waals surface area (Å²) in [5, 5.41) is 9.90. The van der Waals surface area contributed by atoms with Gasteiger partial charge in [0.05, 0.1) is 12.6 Å². The van der Waals surface area contributed by atoms with Crippen molar-refractivity contribution in [1.29, 1.82) is 0 Å². The Hall–Kier alpha value is -0.220. The third-order valence-corrected chi connectivity index (χ3v) is 4.25. The maximum absolute atomic E-state index is 12.8. The van der Waals surface area contributed by atoms with Gasteiger partial charge in [0.1, 0.15) is 0 Å². The third kappa shape index (κ3) is 4.99. The van der Waals surface area contributed by atoms with E-state index in [4.69, 9.17) is 0 Å². The number of hydrogen-bond acceptors (Lipinski definition) is 2. The fourth-order valence-electron chi connectivity index (χ4n) is 3.40. The first-order valence-electron chi connectivity index (χ1n) is 7.46. The van der Waals surface area contributed by atoms with E-state index in [1.807, 2.05) is 11.8 Å². The zero-order valence-electron chi connectivity index (χ0n) is 12.7. The second-order valence-electron chi connectivity index (χ2n) is 6.89. The molecule has 1 rings (SSSR count). The molecule has 2 nitrogen and oxygen atoms in total. The molecule has 19 heavy (non-hydrogen) atoms. The quantitative estimate of drug-likeness (QED) is 0.831. The average molecular weight is 277 g/mol. The molecular weight excluding hydrogens is 248 g/mol. The van der Waals surface area contributed by atoms with Crippen molar-refractivity contribution in [2.45, 2.75) is 71.9 Å². The van der Waals surface area contributed by atoms with Gasteiger partial charge in [0.25, 0.3) is 6.43 Å². The first kappa shape index (κ1) is 16.8. The van der Waals surface area contributed by atoms with Gasteiger partial charge in [0.15, 0.2) is 0 Å². The topological polar surface area (TPSA) is 23.5 Å². The molecule has 3 unspecified atom stereocenters. The lowest BCUT2D eigenvalue weighted by Crippen LogP contribution is -2.51. The van der Waals surface area contributed by atoms with Gasteiger partial charge in [0.2, 0.25) is 0 Å². The Kier molecular flexibility index (Phi) is 6.18. The van der Waals surface area contributed by atoms with E-state index >= 15 is 0 Å². The Morgan fingerprint density at radius 3 is 2.37 bits per heavy atom. The van der Waals surface area contributed by atoms with Crippen molar-refractivity contribution < 1.29 is 13.9 Å². The summed E-state index contributed by atoms with van der Waals surface area (Å²) in [6.45, 7) is 9.06. The van der Waals surface area contributed by atoms with Gasteiger partial charge < -0.3 is 5.11 Å². The highest BCUT2D eigenvalue weighted by molar-refractivity contribution is 4.92. The minimum Gasteiger partial charge on any atom is -0.393 e. The summed E-state index contributed by atoms with van der Waals surface area (Å²) in [5.41, 5.74) is 0.0962. The number of hydrogen-bond donors (Lipinski definition) is 1. The van der Waals surface area contributed by atoms with Gasteiger partial charge in [-0.2, -0.15) is 0 Å². The van der Waals surface area contributed by atoms with Crippen molar-refractivity contribution in [3.8, 4) is 0 Å². The molecule has 0 aromatic carbocycles. The van der Waals surface area contributed by atoms with Crippen LogP contribution in [0.25, 0.3) is 0 Å². The lowest BCUT2D eigenvalue weighted by atomic mass is 9.68. The Morgan fingerprint density at radius 1 is 1.26 bits per heavy atom. The van der Waals surface area contributed by atoms with Gasteiger partial charge in [-0.3, -0.25) is 4.90 Å². The van der Waals surface area contributed by atoms with Crippen LogP contribution in [0, 0.1) is 11.3 Å². The molecule has 1 saturated carbocycles. The minimum absolute atomic E-state index is 0.0812. The minimum atomic E-state index is -2.30. The zero-order chi connectivity index (χ0) is 14.6. The van der Waals surface area contributed by atoms with Gasteiger partial charge in [0, 0.05) is 6.04 Å². The first-order valence-corrected chi connectivity index (χ1v) is 7.46. The van der Waals surface area contributed by atoms with Crippen LogP contribution in [0.15, 0.2) is 0 Å². The van der Waals surface area contributed by atoms with E-state index in [-0.39, 0.29) is 24.1 Å². The van der Waals surface area contributed by atoms with Crippen LogP contribution in [0.4, 0.5) is 8.78 Å². The van der Waals surface area contributed by atoms with Gasteiger partial charge in [-0.25, -0.2) is 8.78 Å². The molecule has 1 N–H and O–H groups in total. The van der Waals surface area contributed by atoms with Crippen molar-refractivity contribution in [1.82, 2.24) is 4.90 Å². The van der Waals surface area contributed by atoms with E-state index in [2.05, 4.69) is 20.8 Å². The van der Waals surface area contributed by atoms with Crippen LogP contribution in [-0.2, 0) is 0 Å². The highest BCUT2D eigenvalue weighted by Gasteiger charge is 2.40. The van der Waals surface area contributed by atoms with E-state index in [9.17, 15) is 13.9 Å². The zero-order valence-corrected chi connectivity index (χ0v) is 12.7. The fourth-order valence-corrected chi connectivity index (χ4v) is 3.40. The number of aliphatic hydroxyl groups is 1. The Balaban J connectivity index is 2.86. The standard InChI is InChI=1S/C15H29F2NO/c1-5-8-18(10-14(16)17)13-9-11(19)6-7-12(13)15(2,3)4/h11-14,19H,5-10H2,1-4H3. The summed E-state index contributed by atoms with van der Waals surface area (Å²) >= 11 is 0. The van der Waals surface area contributed by atoms with E-state index in [1.165, 1.54) is 0 Å². The number of halogens is 2. The summed E-state index contributed by atoms with van der Waals surface area (Å²) in [6.07, 6.45) is 0.600. The molecule has 3 atom stereocenters. The number of aliphatic hydroxyl groups excluding tert-OH is 1. The van der Waals surface area contributed by atoms with Gasteiger partial charge in [-0.15, -0.1) is 0 Å². The fraction of sp³-hybridized carbons (Fsp3) is 1.00. The molecule has 114 valence electrons. The molecule has 0 radical (unpaired) electrons. The molecule has 0 bridgehead atoms. The molecule has 1 aliphatic carbocycles. The highest BCUT2D eigenvalue weighted by Crippen LogP contribution is 2.40. The van der Waals surface area contributed by atoms with Crippen molar-refractivity contribution in [3.05, 3.63) is 0 Å². The molecular formula is C15H29F2NO. The summed E-state index contributed by atoms with van der Waals surface area (Å²) in [7, 11) is 0. The first-order chi connectivity index (χ1) is 8.75. The predicted molar refractivity (Wildman–Crippen MR) is 74.5 cm³/mol. The monoisotopic (exact) mass is 277 g/mol. The Labute approximate surface area is 116 Å². The third-order valence-electron chi connectivity index (χ3n) is 4.25. The Bertz CT molecular complexity index is 265. The van der Waals surface area contributed by atoms with Gasteiger partial charge in [-0.1, -0.05) is 27.7 Å². The molecule has 0 amide bonds. The summed E-state index contributed by atoms with van der Waals surface area (Å²) in [5.74, 6) is 0.376. The van der Waals surface area contributed by atoms with E-state index in [0.717, 1.165) is 19.3 Å². The predicted octanol–water partition coefficient (Wildman–Crippen LogP) is 3.54. The van der Waals surface area contributed by atoms with Crippen LogP contribution in [-0.4, -0.2) is 41.7 Å². The largest absolute Gasteiger partial charge is 0.393 e. The lowest BCUT2D eigenvalue weighted by Gasteiger charge is -2.47. The lowest BCUT2D eigenvalue weighted by molar-refractivity contribution is -0.0319. The van der Waals surface area contributed by atoms with Crippen molar-refractivity contribution in [2.24, 2.45) is 11.3 Å². The number of alkyl halides is 2. The molecule has 1 fully saturated rings. The maximum atomic E-state index is 12.8. The van der Waals surface area contributed by atoms with Gasteiger partial charge in [-0.05, 0) is 43.6 Å². The molecule has 0 saturated heterocycles. The van der Waals surface area contributed by atoms with E-state index < -0.39 is 6.43 Å². The normalized spacial score (nSPS) is 29.2. The molecule has 4 heteroatoms. The van der Waals surface area contributed by atoms with Gasteiger partial charge >= 0.3 is 0 Å². The van der Waals surface area contributed by atoms with Crippen LogP contribution in [0.3, 0.4) is 0 Å². The smallest absolute Gasteiger partial charge is 0.251 e. The van der Waals surface area contributed by atoms with Crippen LogP contribution in [0.2, 0.25) is 0 Å². The van der Waals surface area contributed by atoms with Crippen molar-refractivity contribution in [3.63, 3.8) is 0 Å². The summed E-state index contributed by atoms with van der Waals surface area (Å²) in [4.78, 5) is 1.91. The van der Waals surface area contributed by atoms with Crippen molar-refractivity contribution >= 4 is 0 Å². The second-order valence-corrected chi connectivity index (χ2v) is 6.89. The molecule has 0 heterocycles. The molecule has 0 spiro atoms. The van der Waals surface area contributed by atoms with E-state index in [0.29, 0.717) is 18.9 Å². The molecule has 0 aromatic heterocycles. The maximum Gasteiger partial charge on any atom is 0.251 e.